The zero-order valence-corrected chi connectivity index (χ0v) is 10.2. The lowest BCUT2D eigenvalue weighted by atomic mass is 10.0. The lowest BCUT2D eigenvalue weighted by Gasteiger charge is -2.35. The first-order valence-corrected chi connectivity index (χ1v) is 5.53. The van der Waals surface area contributed by atoms with Gasteiger partial charge in [0.25, 0.3) is 0 Å². The van der Waals surface area contributed by atoms with E-state index in [9.17, 15) is 0 Å². The summed E-state index contributed by atoms with van der Waals surface area (Å²) in [6, 6.07) is 8.09. The molecule has 0 amide bonds. The summed E-state index contributed by atoms with van der Waals surface area (Å²) in [6.45, 7) is 10.8. The van der Waals surface area contributed by atoms with Crippen molar-refractivity contribution in [3.05, 3.63) is 29.8 Å². The molecule has 2 nitrogen and oxygen atoms in total. The molecule has 0 atom stereocenters. The summed E-state index contributed by atoms with van der Waals surface area (Å²) in [7, 11) is 0. The van der Waals surface area contributed by atoms with Gasteiger partial charge in [-0.25, -0.2) is 0 Å². The van der Waals surface area contributed by atoms with E-state index in [-0.39, 0.29) is 5.54 Å². The van der Waals surface area contributed by atoms with Crippen molar-refractivity contribution in [1.82, 2.24) is 4.90 Å². The van der Waals surface area contributed by atoms with Crippen molar-refractivity contribution in [1.29, 1.82) is 0 Å². The van der Waals surface area contributed by atoms with Gasteiger partial charge in [-0.05, 0) is 38.9 Å². The molecular weight excluding hydrogens is 184 g/mol. The molecule has 0 aliphatic heterocycles. The number of benzene rings is 1. The van der Waals surface area contributed by atoms with Gasteiger partial charge in [0.1, 0.15) is 0 Å². The average Bonchev–Trinajstić information content (AvgIpc) is 2.14. The van der Waals surface area contributed by atoms with Crippen molar-refractivity contribution in [2.24, 2.45) is 0 Å². The molecule has 0 heterocycles. The first-order valence-electron chi connectivity index (χ1n) is 5.53. The fourth-order valence-corrected chi connectivity index (χ4v) is 1.71. The molecule has 1 aromatic carbocycles. The maximum Gasteiger partial charge on any atom is 0.0359 e. The molecule has 0 fully saturated rings. The normalized spacial score (nSPS) is 12.1. The third-order valence-corrected chi connectivity index (χ3v) is 2.75. The van der Waals surface area contributed by atoms with E-state index in [1.807, 2.05) is 18.2 Å². The Bertz CT molecular complexity index is 313. The predicted octanol–water partition coefficient (Wildman–Crippen LogP) is 2.89. The van der Waals surface area contributed by atoms with E-state index in [0.29, 0.717) is 0 Å². The maximum atomic E-state index is 5.94. The summed E-state index contributed by atoms with van der Waals surface area (Å²) >= 11 is 0. The number of hydrogen-bond donors (Lipinski definition) is 1. The highest BCUT2D eigenvalue weighted by molar-refractivity contribution is 5.46. The summed E-state index contributed by atoms with van der Waals surface area (Å²) in [6.07, 6.45) is 0. The van der Waals surface area contributed by atoms with Crippen LogP contribution in [0, 0.1) is 0 Å². The summed E-state index contributed by atoms with van der Waals surface area (Å²) in [5.41, 5.74) is 8.24. The number of nitrogens with zero attached hydrogens (tertiary/aromatic N) is 1. The van der Waals surface area contributed by atoms with Crippen LogP contribution in [0.2, 0.25) is 0 Å². The second-order valence-corrected chi connectivity index (χ2v) is 4.88. The van der Waals surface area contributed by atoms with E-state index >= 15 is 0 Å². The monoisotopic (exact) mass is 206 g/mol. The van der Waals surface area contributed by atoms with Gasteiger partial charge >= 0.3 is 0 Å². The van der Waals surface area contributed by atoms with Crippen molar-refractivity contribution < 1.29 is 0 Å². The lowest BCUT2D eigenvalue weighted by Crippen LogP contribution is -2.40. The largest absolute Gasteiger partial charge is 0.398 e. The van der Waals surface area contributed by atoms with Crippen molar-refractivity contribution >= 4 is 5.69 Å². The molecule has 84 valence electrons. The van der Waals surface area contributed by atoms with E-state index in [0.717, 1.165) is 18.8 Å². The van der Waals surface area contributed by atoms with Gasteiger partial charge in [-0.1, -0.05) is 25.1 Å². The van der Waals surface area contributed by atoms with Crippen molar-refractivity contribution in [3.63, 3.8) is 0 Å². The number of para-hydroxylation sites is 1. The standard InChI is InChI=1S/C13H22N2/c1-5-15(13(2,3)4)10-11-8-6-7-9-12(11)14/h6-9H,5,10,14H2,1-4H3. The topological polar surface area (TPSA) is 29.3 Å². The first-order chi connectivity index (χ1) is 6.95. The number of rotatable bonds is 3. The zero-order valence-electron chi connectivity index (χ0n) is 10.2. The molecule has 0 saturated heterocycles. The lowest BCUT2D eigenvalue weighted by molar-refractivity contribution is 0.136. The summed E-state index contributed by atoms with van der Waals surface area (Å²) in [4.78, 5) is 2.42. The number of nitrogen functional groups attached to an aromatic ring is 1. The SMILES string of the molecule is CCN(Cc1ccccc1N)C(C)(C)C. The Labute approximate surface area is 93.1 Å². The van der Waals surface area contributed by atoms with E-state index in [1.165, 1.54) is 5.56 Å². The molecule has 0 unspecified atom stereocenters. The first kappa shape index (κ1) is 12.1. The molecule has 0 spiro atoms. The summed E-state index contributed by atoms with van der Waals surface area (Å²) < 4.78 is 0. The summed E-state index contributed by atoms with van der Waals surface area (Å²) in [5, 5.41) is 0. The molecule has 2 heteroatoms. The fourth-order valence-electron chi connectivity index (χ4n) is 1.71. The van der Waals surface area contributed by atoms with Gasteiger partial charge in [-0.15, -0.1) is 0 Å². The fraction of sp³-hybridized carbons (Fsp3) is 0.538. The van der Waals surface area contributed by atoms with Crippen molar-refractivity contribution in [3.8, 4) is 0 Å². The molecule has 0 radical (unpaired) electrons. The molecule has 1 aromatic rings. The third-order valence-electron chi connectivity index (χ3n) is 2.75. The molecule has 0 aromatic heterocycles. The third kappa shape index (κ3) is 3.24. The van der Waals surface area contributed by atoms with Crippen molar-refractivity contribution in [2.75, 3.05) is 12.3 Å². The van der Waals surface area contributed by atoms with Crippen LogP contribution in [0.4, 0.5) is 5.69 Å². The Hall–Kier alpha value is -1.02. The highest BCUT2D eigenvalue weighted by Gasteiger charge is 2.19. The summed E-state index contributed by atoms with van der Waals surface area (Å²) in [5.74, 6) is 0. The number of nitrogens with two attached hydrogens (primary N) is 1. The minimum absolute atomic E-state index is 0.191. The minimum Gasteiger partial charge on any atom is -0.398 e. The Morgan fingerprint density at radius 1 is 1.20 bits per heavy atom. The van der Waals surface area contributed by atoms with E-state index < -0.39 is 0 Å². The van der Waals surface area contributed by atoms with Crippen LogP contribution in [-0.4, -0.2) is 17.0 Å². The quantitative estimate of drug-likeness (QED) is 0.770. The van der Waals surface area contributed by atoms with Crippen LogP contribution in [-0.2, 0) is 6.54 Å². The smallest absolute Gasteiger partial charge is 0.0359 e. The van der Waals surface area contributed by atoms with Gasteiger partial charge in [0.15, 0.2) is 0 Å². The van der Waals surface area contributed by atoms with Gasteiger partial charge in [-0.2, -0.15) is 0 Å². The second-order valence-electron chi connectivity index (χ2n) is 4.88. The van der Waals surface area contributed by atoms with Gasteiger partial charge in [0, 0.05) is 17.8 Å². The Balaban J connectivity index is 2.80. The molecule has 0 aliphatic rings. The van der Waals surface area contributed by atoms with Crippen LogP contribution in [0.3, 0.4) is 0 Å². The van der Waals surface area contributed by atoms with E-state index in [4.69, 9.17) is 5.73 Å². The van der Waals surface area contributed by atoms with Crippen LogP contribution in [0.1, 0.15) is 33.3 Å². The molecule has 1 rings (SSSR count). The van der Waals surface area contributed by atoms with Gasteiger partial charge in [0.05, 0.1) is 0 Å². The van der Waals surface area contributed by atoms with Crippen LogP contribution < -0.4 is 5.73 Å². The zero-order chi connectivity index (χ0) is 11.5. The van der Waals surface area contributed by atoms with E-state index in [1.54, 1.807) is 0 Å². The van der Waals surface area contributed by atoms with Crippen LogP contribution in [0.25, 0.3) is 0 Å². The van der Waals surface area contributed by atoms with Crippen molar-refractivity contribution in [2.45, 2.75) is 39.8 Å². The van der Waals surface area contributed by atoms with E-state index in [2.05, 4.69) is 38.7 Å². The second kappa shape index (κ2) is 4.67. The molecular formula is C13H22N2. The van der Waals surface area contributed by atoms with Gasteiger partial charge in [0.2, 0.25) is 0 Å². The molecule has 0 saturated carbocycles. The van der Waals surface area contributed by atoms with Gasteiger partial charge in [-0.3, -0.25) is 4.90 Å². The highest BCUT2D eigenvalue weighted by atomic mass is 15.2. The van der Waals surface area contributed by atoms with Crippen LogP contribution in [0.15, 0.2) is 24.3 Å². The Morgan fingerprint density at radius 2 is 1.80 bits per heavy atom. The molecule has 15 heavy (non-hydrogen) atoms. The highest BCUT2D eigenvalue weighted by Crippen LogP contribution is 2.19. The Kier molecular flexibility index (Phi) is 3.75. The molecule has 0 aliphatic carbocycles. The maximum absolute atomic E-state index is 5.94. The molecule has 0 bridgehead atoms. The Morgan fingerprint density at radius 3 is 2.27 bits per heavy atom. The number of hydrogen-bond acceptors (Lipinski definition) is 2. The average molecular weight is 206 g/mol. The predicted molar refractivity (Wildman–Crippen MR) is 66.7 cm³/mol. The molecule has 2 N–H and O–H groups in total. The van der Waals surface area contributed by atoms with Crippen LogP contribution >= 0.6 is 0 Å². The van der Waals surface area contributed by atoms with Crippen LogP contribution in [0.5, 0.6) is 0 Å². The minimum atomic E-state index is 0.191. The van der Waals surface area contributed by atoms with Gasteiger partial charge < -0.3 is 5.73 Å². The number of anilines is 1.